The van der Waals surface area contributed by atoms with E-state index in [9.17, 15) is 14.7 Å². The number of carboxylic acids is 1. The van der Waals surface area contributed by atoms with E-state index >= 15 is 0 Å². The van der Waals surface area contributed by atoms with Crippen molar-refractivity contribution in [1.29, 1.82) is 0 Å². The largest absolute Gasteiger partial charge is 0.480 e. The van der Waals surface area contributed by atoms with Gasteiger partial charge in [0.25, 0.3) is 0 Å². The molecule has 0 aliphatic rings. The zero-order valence-electron chi connectivity index (χ0n) is 14.6. The Morgan fingerprint density at radius 1 is 1.21 bits per heavy atom. The fourth-order valence-corrected chi connectivity index (χ4v) is 2.13. The van der Waals surface area contributed by atoms with Gasteiger partial charge in [-0.1, -0.05) is 6.42 Å². The molecule has 9 heteroatoms. The Morgan fingerprint density at radius 3 is 2.29 bits per heavy atom. The number of unbranched alkanes of at least 4 members (excludes halogenated alkanes) is 1. The molecular formula is C15H30N2O7. The van der Waals surface area contributed by atoms with Gasteiger partial charge in [0.1, 0.15) is 5.60 Å². The summed E-state index contributed by atoms with van der Waals surface area (Å²) in [6.07, 6.45) is -0.465. The van der Waals surface area contributed by atoms with Crippen LogP contribution in [-0.2, 0) is 9.53 Å². The van der Waals surface area contributed by atoms with E-state index in [1.807, 2.05) is 0 Å². The van der Waals surface area contributed by atoms with Gasteiger partial charge in [-0.2, -0.15) is 0 Å². The van der Waals surface area contributed by atoms with Crippen molar-refractivity contribution >= 4 is 12.1 Å². The number of alkyl carbamates (subject to hydrolysis) is 1. The van der Waals surface area contributed by atoms with Crippen LogP contribution in [-0.4, -0.2) is 81.6 Å². The molecule has 1 amide bonds. The number of amides is 1. The second-order valence-corrected chi connectivity index (χ2v) is 6.56. The lowest BCUT2D eigenvalue weighted by molar-refractivity contribution is -0.141. The maximum Gasteiger partial charge on any atom is 0.407 e. The van der Waals surface area contributed by atoms with Crippen LogP contribution in [0.4, 0.5) is 4.79 Å². The van der Waals surface area contributed by atoms with Crippen LogP contribution in [0.2, 0.25) is 0 Å². The number of aliphatic carboxylic acids is 1. The molecule has 0 fully saturated rings. The first-order valence-electron chi connectivity index (χ1n) is 7.95. The van der Waals surface area contributed by atoms with Crippen LogP contribution >= 0.6 is 0 Å². The minimum absolute atomic E-state index is 0.256. The quantitative estimate of drug-likeness (QED) is 0.254. The van der Waals surface area contributed by atoms with E-state index in [-0.39, 0.29) is 19.7 Å². The van der Waals surface area contributed by atoms with Crippen LogP contribution in [0.5, 0.6) is 0 Å². The molecule has 0 heterocycles. The normalized spacial score (nSPS) is 13.2. The Labute approximate surface area is 142 Å². The molecule has 0 spiro atoms. The summed E-state index contributed by atoms with van der Waals surface area (Å²) in [5.74, 6) is -1.11. The molecular weight excluding hydrogens is 320 g/mol. The molecule has 9 nitrogen and oxygen atoms in total. The molecule has 0 saturated heterocycles. The number of carbonyl (C=O) groups excluding carboxylic acids is 1. The first kappa shape index (κ1) is 22.6. The molecule has 0 rings (SSSR count). The van der Waals surface area contributed by atoms with Gasteiger partial charge < -0.3 is 30.5 Å². The fourth-order valence-electron chi connectivity index (χ4n) is 2.13. The third kappa shape index (κ3) is 12.1. The third-order valence-electron chi connectivity index (χ3n) is 3.10. The number of hydrogen-bond donors (Lipinski definition) is 5. The number of aliphatic hydroxyl groups excluding tert-OH is 2. The molecule has 1 atom stereocenters. The Morgan fingerprint density at radius 2 is 1.83 bits per heavy atom. The summed E-state index contributed by atoms with van der Waals surface area (Å²) in [5.41, 5.74) is -0.561. The zero-order valence-corrected chi connectivity index (χ0v) is 14.6. The van der Waals surface area contributed by atoms with Crippen molar-refractivity contribution in [3.8, 4) is 0 Å². The maximum absolute atomic E-state index is 11.5. The predicted molar refractivity (Wildman–Crippen MR) is 86.4 cm³/mol. The minimum Gasteiger partial charge on any atom is -0.480 e. The summed E-state index contributed by atoms with van der Waals surface area (Å²) in [5, 5.41) is 38.9. The molecule has 24 heavy (non-hydrogen) atoms. The Kier molecular flexibility index (Phi) is 10.5. The lowest BCUT2D eigenvalue weighted by Crippen LogP contribution is -2.45. The van der Waals surface area contributed by atoms with Gasteiger partial charge >= 0.3 is 12.1 Å². The third-order valence-corrected chi connectivity index (χ3v) is 3.10. The number of hydrogen-bond acceptors (Lipinski definition) is 7. The number of aliphatic hydroxyl groups is 3. The molecule has 0 saturated carbocycles. The van der Waals surface area contributed by atoms with Gasteiger partial charge in [-0.05, 0) is 33.6 Å². The Hall–Kier alpha value is -1.42. The van der Waals surface area contributed by atoms with E-state index < -0.39 is 30.0 Å². The van der Waals surface area contributed by atoms with E-state index in [4.69, 9.17) is 20.1 Å². The smallest absolute Gasteiger partial charge is 0.407 e. The second-order valence-electron chi connectivity index (χ2n) is 6.56. The molecule has 0 radical (unpaired) electrons. The van der Waals surface area contributed by atoms with Crippen LogP contribution < -0.4 is 5.32 Å². The molecule has 1 unspecified atom stereocenters. The van der Waals surface area contributed by atoms with Crippen molar-refractivity contribution in [3.63, 3.8) is 0 Å². The number of ether oxygens (including phenoxy) is 1. The summed E-state index contributed by atoms with van der Waals surface area (Å²) < 4.78 is 5.09. The molecule has 0 aromatic rings. The number of carboxylic acid groups (broad SMARTS) is 1. The highest BCUT2D eigenvalue weighted by atomic mass is 16.6. The average molecular weight is 350 g/mol. The molecule has 0 aliphatic carbocycles. The van der Waals surface area contributed by atoms with Crippen molar-refractivity contribution in [2.24, 2.45) is 0 Å². The van der Waals surface area contributed by atoms with E-state index in [2.05, 4.69) is 5.32 Å². The number of nitrogens with zero attached hydrogens (tertiary/aromatic N) is 1. The molecule has 0 aliphatic heterocycles. The SMILES string of the molecule is CC(C)(C)OC(=O)NCCCCC(CO)N(CC(=O)O)CC(O)O. The Bertz CT molecular complexity index is 383. The molecule has 5 N–H and O–H groups in total. The average Bonchev–Trinajstić information content (AvgIpc) is 2.39. The number of rotatable bonds is 11. The lowest BCUT2D eigenvalue weighted by atomic mass is 10.1. The molecule has 0 aromatic heterocycles. The highest BCUT2D eigenvalue weighted by molar-refractivity contribution is 5.69. The first-order chi connectivity index (χ1) is 11.0. The van der Waals surface area contributed by atoms with Gasteiger partial charge in [0.15, 0.2) is 6.29 Å². The van der Waals surface area contributed by atoms with Gasteiger partial charge in [0, 0.05) is 12.6 Å². The van der Waals surface area contributed by atoms with Crippen molar-refractivity contribution in [2.45, 2.75) is 58.0 Å². The maximum atomic E-state index is 11.5. The van der Waals surface area contributed by atoms with E-state index in [1.54, 1.807) is 20.8 Å². The van der Waals surface area contributed by atoms with Gasteiger partial charge in [-0.3, -0.25) is 9.69 Å². The topological polar surface area (TPSA) is 140 Å². The van der Waals surface area contributed by atoms with Crippen LogP contribution in [0.15, 0.2) is 0 Å². The van der Waals surface area contributed by atoms with Gasteiger partial charge in [-0.25, -0.2) is 4.79 Å². The van der Waals surface area contributed by atoms with Gasteiger partial charge in [0.05, 0.1) is 19.7 Å². The fraction of sp³-hybridized carbons (Fsp3) is 0.867. The van der Waals surface area contributed by atoms with Crippen molar-refractivity contribution in [1.82, 2.24) is 10.2 Å². The van der Waals surface area contributed by atoms with Crippen LogP contribution in [0.3, 0.4) is 0 Å². The summed E-state index contributed by atoms with van der Waals surface area (Å²) in [6.45, 7) is 4.77. The van der Waals surface area contributed by atoms with Gasteiger partial charge in [0.2, 0.25) is 0 Å². The highest BCUT2D eigenvalue weighted by Crippen LogP contribution is 2.10. The zero-order chi connectivity index (χ0) is 18.8. The summed E-state index contributed by atoms with van der Waals surface area (Å²) in [4.78, 5) is 23.6. The predicted octanol–water partition coefficient (Wildman–Crippen LogP) is -0.260. The lowest BCUT2D eigenvalue weighted by Gasteiger charge is -2.29. The summed E-state index contributed by atoms with van der Waals surface area (Å²) in [7, 11) is 0. The van der Waals surface area contributed by atoms with Crippen molar-refractivity contribution < 1.29 is 34.8 Å². The number of carbonyl (C=O) groups is 2. The molecule has 0 aromatic carbocycles. The van der Waals surface area contributed by atoms with E-state index in [0.717, 1.165) is 0 Å². The van der Waals surface area contributed by atoms with Gasteiger partial charge in [-0.15, -0.1) is 0 Å². The second kappa shape index (κ2) is 11.2. The van der Waals surface area contributed by atoms with Crippen molar-refractivity contribution in [2.75, 3.05) is 26.2 Å². The molecule has 142 valence electrons. The van der Waals surface area contributed by atoms with E-state index in [0.29, 0.717) is 25.8 Å². The standard InChI is InChI=1S/C15H30N2O7/c1-15(2,3)24-14(23)16-7-5-4-6-11(10-18)17(8-12(19)20)9-13(21)22/h11-12,18-20H,4-10H2,1-3H3,(H,16,23)(H,21,22). The van der Waals surface area contributed by atoms with E-state index in [1.165, 1.54) is 4.90 Å². The summed E-state index contributed by atoms with van der Waals surface area (Å²) in [6, 6.07) is -0.496. The van der Waals surface area contributed by atoms with Crippen molar-refractivity contribution in [3.05, 3.63) is 0 Å². The highest BCUT2D eigenvalue weighted by Gasteiger charge is 2.22. The molecule has 0 bridgehead atoms. The minimum atomic E-state index is -1.67. The van der Waals surface area contributed by atoms with Crippen LogP contribution in [0.25, 0.3) is 0 Å². The first-order valence-corrected chi connectivity index (χ1v) is 7.95. The number of nitrogens with one attached hydrogen (secondary N) is 1. The summed E-state index contributed by atoms with van der Waals surface area (Å²) >= 11 is 0. The monoisotopic (exact) mass is 350 g/mol. The Balaban J connectivity index is 4.18. The van der Waals surface area contributed by atoms with Crippen LogP contribution in [0.1, 0.15) is 40.0 Å². The van der Waals surface area contributed by atoms with Crippen LogP contribution in [0, 0.1) is 0 Å².